The van der Waals surface area contributed by atoms with E-state index in [4.69, 9.17) is 10.5 Å². The zero-order valence-corrected chi connectivity index (χ0v) is 13.8. The summed E-state index contributed by atoms with van der Waals surface area (Å²) in [6, 6.07) is 14.9. The Morgan fingerprint density at radius 2 is 2.08 bits per heavy atom. The number of amidine groups is 1. The lowest BCUT2D eigenvalue weighted by Gasteiger charge is -2.32. The fourth-order valence-corrected chi connectivity index (χ4v) is 4.08. The minimum atomic E-state index is -0.337. The number of thioether (sulfide) groups is 1. The van der Waals surface area contributed by atoms with Gasteiger partial charge in [0.2, 0.25) is 0 Å². The van der Waals surface area contributed by atoms with E-state index in [0.717, 1.165) is 29.2 Å². The minimum absolute atomic E-state index is 0.134. The van der Waals surface area contributed by atoms with E-state index in [1.807, 2.05) is 36.4 Å². The number of hydrogen-bond acceptors (Lipinski definition) is 5. The summed E-state index contributed by atoms with van der Waals surface area (Å²) >= 11 is 1.57. The number of hydrogen-bond donors (Lipinski definition) is 2. The fraction of sp³-hybridized carbons (Fsp3) is 0.222. The molecule has 2 aliphatic heterocycles. The fourth-order valence-electron chi connectivity index (χ4n) is 3.09. The molecule has 5 nitrogen and oxygen atoms in total. The lowest BCUT2D eigenvalue weighted by atomic mass is 9.86. The minimum Gasteiger partial charge on any atom is -0.493 e. The number of carbonyl (C=O) groups is 1. The summed E-state index contributed by atoms with van der Waals surface area (Å²) in [5, 5.41) is 3.56. The molecular weight excluding hydrogens is 322 g/mol. The number of nitrogens with two attached hydrogens (primary N) is 1. The zero-order valence-electron chi connectivity index (χ0n) is 13.0. The topological polar surface area (TPSA) is 76.7 Å². The highest BCUT2D eigenvalue weighted by Crippen LogP contribution is 2.46. The Morgan fingerprint density at radius 3 is 2.83 bits per heavy atom. The van der Waals surface area contributed by atoms with Crippen LogP contribution in [0.3, 0.4) is 0 Å². The lowest BCUT2D eigenvalue weighted by Crippen LogP contribution is -2.32. The first kappa shape index (κ1) is 15.1. The number of ether oxygens (including phenoxy) is 1. The number of amides is 1. The molecule has 2 aliphatic rings. The predicted octanol–water partition coefficient (Wildman–Crippen LogP) is 2.98. The van der Waals surface area contributed by atoms with Crippen molar-refractivity contribution >= 4 is 28.5 Å². The molecule has 1 unspecified atom stereocenters. The molecule has 0 saturated heterocycles. The van der Waals surface area contributed by atoms with Crippen LogP contribution in [0.15, 0.2) is 53.5 Å². The van der Waals surface area contributed by atoms with Gasteiger partial charge >= 0.3 is 0 Å². The molecule has 1 atom stereocenters. The van der Waals surface area contributed by atoms with E-state index in [0.29, 0.717) is 17.3 Å². The maximum absolute atomic E-state index is 12.4. The third-order valence-electron chi connectivity index (χ3n) is 4.33. The Bertz CT molecular complexity index is 822. The Morgan fingerprint density at radius 1 is 1.25 bits per heavy atom. The first-order valence-corrected chi connectivity index (χ1v) is 8.77. The Balaban J connectivity index is 1.65. The normalized spacial score (nSPS) is 21.8. The van der Waals surface area contributed by atoms with E-state index in [1.165, 1.54) is 0 Å². The van der Waals surface area contributed by atoms with E-state index in [-0.39, 0.29) is 11.4 Å². The number of anilines is 1. The van der Waals surface area contributed by atoms with Crippen LogP contribution < -0.4 is 15.8 Å². The Kier molecular flexibility index (Phi) is 3.69. The van der Waals surface area contributed by atoms with Crippen LogP contribution in [0.4, 0.5) is 5.69 Å². The second-order valence-electron chi connectivity index (χ2n) is 5.90. The maximum atomic E-state index is 12.4. The molecule has 0 fully saturated rings. The van der Waals surface area contributed by atoms with Crippen molar-refractivity contribution in [1.29, 1.82) is 0 Å². The van der Waals surface area contributed by atoms with Gasteiger partial charge in [0.15, 0.2) is 5.17 Å². The number of benzene rings is 2. The van der Waals surface area contributed by atoms with Gasteiger partial charge in [-0.1, -0.05) is 30.0 Å². The molecule has 1 amide bonds. The van der Waals surface area contributed by atoms with Crippen molar-refractivity contribution in [3.63, 3.8) is 0 Å². The predicted molar refractivity (Wildman–Crippen MR) is 96.7 cm³/mol. The van der Waals surface area contributed by atoms with Gasteiger partial charge in [-0.15, -0.1) is 0 Å². The zero-order chi connectivity index (χ0) is 16.6. The summed E-state index contributed by atoms with van der Waals surface area (Å²) in [6.45, 7) is 0.625. The summed E-state index contributed by atoms with van der Waals surface area (Å²) in [6.07, 6.45) is 0.795. The molecule has 2 heterocycles. The van der Waals surface area contributed by atoms with Crippen LogP contribution in [0.25, 0.3) is 0 Å². The molecule has 0 bridgehead atoms. The quantitative estimate of drug-likeness (QED) is 0.882. The molecule has 24 heavy (non-hydrogen) atoms. The number of fused-ring (bicyclic) bond motifs is 2. The van der Waals surface area contributed by atoms with Gasteiger partial charge in [0.05, 0.1) is 6.61 Å². The molecule has 0 aliphatic carbocycles. The van der Waals surface area contributed by atoms with Crippen LogP contribution in [-0.4, -0.2) is 23.4 Å². The largest absolute Gasteiger partial charge is 0.493 e. The van der Waals surface area contributed by atoms with Gasteiger partial charge in [-0.25, -0.2) is 0 Å². The van der Waals surface area contributed by atoms with Gasteiger partial charge in [0.1, 0.15) is 11.3 Å². The third kappa shape index (κ3) is 2.63. The van der Waals surface area contributed by atoms with Crippen molar-refractivity contribution in [3.05, 3.63) is 59.7 Å². The molecule has 1 spiro atoms. The Hall–Kier alpha value is -2.47. The van der Waals surface area contributed by atoms with E-state index < -0.39 is 0 Å². The van der Waals surface area contributed by atoms with Crippen LogP contribution in [0.5, 0.6) is 5.75 Å². The molecule has 122 valence electrons. The Labute approximate surface area is 144 Å². The molecule has 4 rings (SSSR count). The van der Waals surface area contributed by atoms with Gasteiger partial charge in [-0.2, -0.15) is 0 Å². The van der Waals surface area contributed by atoms with Crippen molar-refractivity contribution < 1.29 is 9.53 Å². The average Bonchev–Trinajstić information content (AvgIpc) is 2.98. The van der Waals surface area contributed by atoms with Crippen LogP contribution in [-0.2, 0) is 5.54 Å². The summed E-state index contributed by atoms with van der Waals surface area (Å²) < 4.78 is 5.76. The van der Waals surface area contributed by atoms with Crippen molar-refractivity contribution in [2.45, 2.75) is 12.0 Å². The molecule has 0 saturated carbocycles. The average molecular weight is 339 g/mol. The van der Waals surface area contributed by atoms with Crippen LogP contribution in [0.1, 0.15) is 22.3 Å². The van der Waals surface area contributed by atoms with Crippen molar-refractivity contribution in [2.24, 2.45) is 10.7 Å². The van der Waals surface area contributed by atoms with Crippen LogP contribution in [0, 0.1) is 0 Å². The van der Waals surface area contributed by atoms with E-state index in [9.17, 15) is 4.79 Å². The molecule has 2 aromatic rings. The van der Waals surface area contributed by atoms with Gasteiger partial charge in [0.25, 0.3) is 5.91 Å². The van der Waals surface area contributed by atoms with Crippen molar-refractivity contribution in [3.8, 4) is 5.75 Å². The second-order valence-corrected chi connectivity index (χ2v) is 6.90. The summed E-state index contributed by atoms with van der Waals surface area (Å²) in [7, 11) is 0. The molecule has 3 N–H and O–H groups in total. The first-order chi connectivity index (χ1) is 11.7. The number of carbonyl (C=O) groups excluding carboxylic acids is 1. The highest BCUT2D eigenvalue weighted by atomic mass is 32.2. The number of rotatable bonds is 2. The van der Waals surface area contributed by atoms with Gasteiger partial charge < -0.3 is 15.8 Å². The number of aliphatic imine (C=N–C) groups is 1. The van der Waals surface area contributed by atoms with Crippen LogP contribution in [0.2, 0.25) is 0 Å². The van der Waals surface area contributed by atoms with E-state index in [1.54, 1.807) is 23.9 Å². The molecule has 0 radical (unpaired) electrons. The highest BCUT2D eigenvalue weighted by molar-refractivity contribution is 8.14. The van der Waals surface area contributed by atoms with E-state index in [2.05, 4.69) is 10.3 Å². The van der Waals surface area contributed by atoms with Crippen molar-refractivity contribution in [2.75, 3.05) is 17.7 Å². The monoisotopic (exact) mass is 339 g/mol. The summed E-state index contributed by atoms with van der Waals surface area (Å²) in [5.41, 5.74) is 7.91. The third-order valence-corrected chi connectivity index (χ3v) is 5.34. The maximum Gasteiger partial charge on any atom is 0.255 e. The SMILES string of the molecule is NC1=NC2(CCOc3ccc(NC(=O)c4ccccc4)cc32)CS1. The van der Waals surface area contributed by atoms with Crippen LogP contribution >= 0.6 is 11.8 Å². The second kappa shape index (κ2) is 5.87. The smallest absolute Gasteiger partial charge is 0.255 e. The molecule has 2 aromatic carbocycles. The van der Waals surface area contributed by atoms with Gasteiger partial charge in [-0.05, 0) is 30.3 Å². The summed E-state index contributed by atoms with van der Waals surface area (Å²) in [4.78, 5) is 17.0. The molecule has 0 aromatic heterocycles. The van der Waals surface area contributed by atoms with Crippen molar-refractivity contribution in [1.82, 2.24) is 0 Å². The van der Waals surface area contributed by atoms with Gasteiger partial charge in [-0.3, -0.25) is 9.79 Å². The number of nitrogens with one attached hydrogen (secondary N) is 1. The standard InChI is InChI=1S/C18H17N3O2S/c19-17-21-18(11-24-17)8-9-23-15-7-6-13(10-14(15)18)20-16(22)12-4-2-1-3-5-12/h1-7,10H,8-9,11H2,(H2,19,21)(H,20,22). The van der Waals surface area contributed by atoms with E-state index >= 15 is 0 Å². The molecule has 6 heteroatoms. The van der Waals surface area contributed by atoms with Gasteiger partial charge in [0, 0.05) is 29.0 Å². The molecular formula is C18H17N3O2S. The first-order valence-electron chi connectivity index (χ1n) is 7.78. The highest BCUT2D eigenvalue weighted by Gasteiger charge is 2.41. The lowest BCUT2D eigenvalue weighted by molar-refractivity contribution is 0.102. The summed E-state index contributed by atoms with van der Waals surface area (Å²) in [5.74, 6) is 1.49. The number of nitrogens with zero attached hydrogens (tertiary/aromatic N) is 1.